The van der Waals surface area contributed by atoms with Crippen LogP contribution in [0.5, 0.6) is 0 Å². The van der Waals surface area contributed by atoms with Gasteiger partial charge in [-0.15, -0.1) is 0 Å². The molecule has 0 saturated carbocycles. The van der Waals surface area contributed by atoms with Gasteiger partial charge in [-0.05, 0) is 85.2 Å². The van der Waals surface area contributed by atoms with Crippen molar-refractivity contribution in [2.75, 3.05) is 49.2 Å². The van der Waals surface area contributed by atoms with Gasteiger partial charge in [0.15, 0.2) is 0 Å². The average Bonchev–Trinajstić information content (AvgIpc) is 3.39. The van der Waals surface area contributed by atoms with Crippen molar-refractivity contribution >= 4 is 51.4 Å². The number of carbonyl (C=O) groups is 2. The summed E-state index contributed by atoms with van der Waals surface area (Å²) in [5.74, 6) is -0.841. The fourth-order valence-corrected chi connectivity index (χ4v) is 4.07. The second kappa shape index (κ2) is 15.7. The Morgan fingerprint density at radius 2 is 1.87 bits per heavy atom. The molecule has 0 unspecified atom stereocenters. The highest BCUT2D eigenvalue weighted by atomic mass is 79.9. The highest BCUT2D eigenvalue weighted by Crippen LogP contribution is 2.23. The fraction of sp³-hybridized carbons (Fsp3) is 0.333. The molecule has 0 spiro atoms. The Balaban J connectivity index is 0.000000617. The molecule has 0 atom stereocenters. The van der Waals surface area contributed by atoms with Crippen molar-refractivity contribution in [1.29, 1.82) is 0 Å². The van der Waals surface area contributed by atoms with Gasteiger partial charge in [0.1, 0.15) is 17.5 Å². The number of rotatable bonds is 11. The van der Waals surface area contributed by atoms with E-state index in [0.29, 0.717) is 53.5 Å². The Bertz CT molecular complexity index is 1240. The van der Waals surface area contributed by atoms with Gasteiger partial charge in [-0.3, -0.25) is 9.59 Å². The average molecular weight is 605 g/mol. The van der Waals surface area contributed by atoms with Crippen LogP contribution in [-0.4, -0.2) is 60.4 Å². The van der Waals surface area contributed by atoms with Gasteiger partial charge in [-0.2, -0.15) is 4.98 Å². The third kappa shape index (κ3) is 10.6. The van der Waals surface area contributed by atoms with Gasteiger partial charge in [0.05, 0.1) is 10.9 Å². The van der Waals surface area contributed by atoms with Crippen LogP contribution in [0.3, 0.4) is 0 Å². The third-order valence-electron chi connectivity index (χ3n) is 5.75. The molecule has 0 aliphatic carbocycles. The van der Waals surface area contributed by atoms with Crippen molar-refractivity contribution < 1.29 is 18.4 Å². The van der Waals surface area contributed by atoms with E-state index in [-0.39, 0.29) is 17.9 Å². The number of hydrogen-bond donors (Lipinski definition) is 4. The van der Waals surface area contributed by atoms with E-state index in [1.165, 1.54) is 32.0 Å². The largest absolute Gasteiger partial charge is 0.369 e. The van der Waals surface area contributed by atoms with Crippen LogP contribution < -0.4 is 21.3 Å². The quantitative estimate of drug-likeness (QED) is 0.186. The summed E-state index contributed by atoms with van der Waals surface area (Å²) in [7, 11) is 2.17. The number of amides is 2. The lowest BCUT2D eigenvalue weighted by Gasteiger charge is -2.11. The van der Waals surface area contributed by atoms with E-state index in [1.54, 1.807) is 24.4 Å². The molecular formula is C27H32BrF2N7O2. The third-order valence-corrected chi connectivity index (χ3v) is 6.33. The summed E-state index contributed by atoms with van der Waals surface area (Å²) < 4.78 is 27.2. The molecule has 1 fully saturated rings. The van der Waals surface area contributed by atoms with Crippen LogP contribution in [0.1, 0.15) is 24.8 Å². The summed E-state index contributed by atoms with van der Waals surface area (Å²) in [4.78, 5) is 33.6. The molecule has 4 N–H and O–H groups in total. The van der Waals surface area contributed by atoms with E-state index in [1.807, 2.05) is 6.07 Å². The van der Waals surface area contributed by atoms with E-state index in [2.05, 4.69) is 59.1 Å². The number of carbonyl (C=O) groups excluding carboxylic acids is 2. The molecule has 4 rings (SSSR count). The summed E-state index contributed by atoms with van der Waals surface area (Å²) in [6, 6.07) is 10.2. The first-order valence-corrected chi connectivity index (χ1v) is 13.4. The summed E-state index contributed by atoms with van der Waals surface area (Å²) in [5.41, 5.74) is 1.48. The molecule has 0 bridgehead atoms. The van der Waals surface area contributed by atoms with Gasteiger partial charge in [0.25, 0.3) is 0 Å². The van der Waals surface area contributed by atoms with Gasteiger partial charge < -0.3 is 26.2 Å². The normalized spacial score (nSPS) is 12.7. The number of aromatic nitrogens is 2. The number of anilines is 4. The zero-order valence-electron chi connectivity index (χ0n) is 21.6. The van der Waals surface area contributed by atoms with Crippen molar-refractivity contribution in [2.45, 2.75) is 25.7 Å². The topological polar surface area (TPSA) is 111 Å². The van der Waals surface area contributed by atoms with E-state index >= 15 is 0 Å². The van der Waals surface area contributed by atoms with E-state index in [4.69, 9.17) is 0 Å². The minimum absolute atomic E-state index is 0.143. The molecule has 0 radical (unpaired) electrons. The molecular weight excluding hydrogens is 572 g/mol. The van der Waals surface area contributed by atoms with Gasteiger partial charge in [-0.1, -0.05) is 12.1 Å². The Labute approximate surface area is 234 Å². The molecule has 12 heteroatoms. The van der Waals surface area contributed by atoms with Crippen molar-refractivity contribution in [1.82, 2.24) is 20.2 Å². The molecule has 1 saturated heterocycles. The molecule has 1 aliphatic heterocycles. The van der Waals surface area contributed by atoms with Crippen molar-refractivity contribution in [2.24, 2.45) is 0 Å². The molecule has 2 aromatic carbocycles. The van der Waals surface area contributed by atoms with Crippen LogP contribution in [0.15, 0.2) is 53.1 Å². The lowest BCUT2D eigenvalue weighted by Crippen LogP contribution is -2.27. The molecule has 2 amide bonds. The van der Waals surface area contributed by atoms with Crippen LogP contribution in [-0.2, 0) is 16.0 Å². The van der Waals surface area contributed by atoms with Crippen LogP contribution in [0.2, 0.25) is 0 Å². The molecule has 208 valence electrons. The first kappa shape index (κ1) is 29.9. The van der Waals surface area contributed by atoms with Crippen LogP contribution in [0, 0.1) is 11.6 Å². The predicted molar refractivity (Wildman–Crippen MR) is 152 cm³/mol. The van der Waals surface area contributed by atoms with Gasteiger partial charge in [0.2, 0.25) is 18.3 Å². The highest BCUT2D eigenvalue weighted by molar-refractivity contribution is 9.10. The van der Waals surface area contributed by atoms with Crippen molar-refractivity contribution in [3.05, 3.63) is 70.3 Å². The molecule has 9 nitrogen and oxygen atoms in total. The standard InChI is InChI=1S/C22H21BrF2N6O2.C5H11N/c23-18-12-28-22(30-17-4-1-3-16(11-17)29-13-32)31-21(18)27-8-2-7-26-20(33)9-14-5-6-15(24)10-19(14)25;1-6-4-2-3-5-6/h1,3-6,10-13H,2,7-9H2,(H,26,33)(H,29,32)(H2,27,28,30,31);2-5H2,1H3. The Hall–Kier alpha value is -3.64. The number of halogens is 3. The highest BCUT2D eigenvalue weighted by Gasteiger charge is 2.10. The smallest absolute Gasteiger partial charge is 0.229 e. The SMILES string of the molecule is CN1CCCC1.O=CNc1cccc(Nc2ncc(Br)c(NCCCNC(=O)Cc3ccc(F)cc3F)n2)c1. The minimum Gasteiger partial charge on any atom is -0.369 e. The number of nitrogens with zero attached hydrogens (tertiary/aromatic N) is 3. The number of hydrogen-bond acceptors (Lipinski definition) is 7. The van der Waals surface area contributed by atoms with Crippen LogP contribution in [0.25, 0.3) is 0 Å². The van der Waals surface area contributed by atoms with Gasteiger partial charge in [0, 0.05) is 36.7 Å². The molecule has 3 aromatic rings. The first-order chi connectivity index (χ1) is 18.8. The van der Waals surface area contributed by atoms with Crippen LogP contribution in [0.4, 0.5) is 31.9 Å². The molecule has 2 heterocycles. The van der Waals surface area contributed by atoms with E-state index in [0.717, 1.165) is 12.1 Å². The molecule has 1 aromatic heterocycles. The van der Waals surface area contributed by atoms with Crippen molar-refractivity contribution in [3.8, 4) is 0 Å². The lowest BCUT2D eigenvalue weighted by atomic mass is 10.1. The van der Waals surface area contributed by atoms with Gasteiger partial charge >= 0.3 is 0 Å². The maximum Gasteiger partial charge on any atom is 0.229 e. The Kier molecular flexibility index (Phi) is 12.0. The maximum absolute atomic E-state index is 13.6. The van der Waals surface area contributed by atoms with Gasteiger partial charge in [-0.25, -0.2) is 13.8 Å². The molecule has 39 heavy (non-hydrogen) atoms. The summed E-state index contributed by atoms with van der Waals surface area (Å²) in [6.45, 7) is 3.53. The number of nitrogens with one attached hydrogen (secondary N) is 4. The summed E-state index contributed by atoms with van der Waals surface area (Å²) in [5, 5.41) is 11.5. The molecule has 1 aliphatic rings. The number of likely N-dealkylation sites (tertiary alicyclic amines) is 1. The van der Waals surface area contributed by atoms with E-state index < -0.39 is 11.6 Å². The first-order valence-electron chi connectivity index (χ1n) is 12.6. The summed E-state index contributed by atoms with van der Waals surface area (Å²) in [6.07, 6.45) is 5.46. The monoisotopic (exact) mass is 603 g/mol. The Morgan fingerprint density at radius 3 is 2.56 bits per heavy atom. The Morgan fingerprint density at radius 1 is 1.10 bits per heavy atom. The zero-order valence-corrected chi connectivity index (χ0v) is 23.2. The summed E-state index contributed by atoms with van der Waals surface area (Å²) >= 11 is 3.39. The number of benzene rings is 2. The second-order valence-electron chi connectivity index (χ2n) is 8.91. The van der Waals surface area contributed by atoms with Crippen molar-refractivity contribution in [3.63, 3.8) is 0 Å². The van der Waals surface area contributed by atoms with Crippen LogP contribution >= 0.6 is 15.9 Å². The lowest BCUT2D eigenvalue weighted by molar-refractivity contribution is -0.120. The zero-order chi connectivity index (χ0) is 28.0. The minimum atomic E-state index is -0.739. The predicted octanol–water partition coefficient (Wildman–Crippen LogP) is 4.70. The second-order valence-corrected chi connectivity index (χ2v) is 9.77. The maximum atomic E-state index is 13.6. The fourth-order valence-electron chi connectivity index (χ4n) is 3.73. The van der Waals surface area contributed by atoms with E-state index in [9.17, 15) is 18.4 Å².